The lowest BCUT2D eigenvalue weighted by Crippen LogP contribution is -2.24. The predicted octanol–water partition coefficient (Wildman–Crippen LogP) is 4.48. The number of hydrogen-bond acceptors (Lipinski definition) is 4. The fraction of sp³-hybridized carbons (Fsp3) is 0.350. The van der Waals surface area contributed by atoms with Crippen LogP contribution in [0.5, 0.6) is 5.75 Å². The Bertz CT molecular complexity index is 712. The molecule has 0 saturated carbocycles. The zero-order valence-electron chi connectivity index (χ0n) is 14.2. The van der Waals surface area contributed by atoms with E-state index >= 15 is 0 Å². The zero-order valence-corrected chi connectivity index (χ0v) is 14.2. The van der Waals surface area contributed by atoms with Gasteiger partial charge in [-0.3, -0.25) is 0 Å². The standard InChI is InChI=1S/C20H23NO3/c1-3-23-20(22)17-11-12-18-19(15(17)2)21(13-7-8-14-24-18)16-9-5-4-6-10-16/h4-6,9-12H,3,7-8,13-14H2,1-2H3. The second kappa shape index (κ2) is 7.39. The number of para-hydroxylation sites is 1. The van der Waals surface area contributed by atoms with Gasteiger partial charge in [0.1, 0.15) is 5.75 Å². The molecule has 2 aromatic rings. The van der Waals surface area contributed by atoms with E-state index in [1.807, 2.05) is 38.1 Å². The van der Waals surface area contributed by atoms with Gasteiger partial charge < -0.3 is 14.4 Å². The van der Waals surface area contributed by atoms with Crippen LogP contribution in [-0.2, 0) is 4.74 Å². The Kier molecular flexibility index (Phi) is 5.04. The maximum Gasteiger partial charge on any atom is 0.338 e. The molecule has 4 heteroatoms. The van der Waals surface area contributed by atoms with E-state index in [2.05, 4.69) is 17.0 Å². The van der Waals surface area contributed by atoms with E-state index in [4.69, 9.17) is 9.47 Å². The molecule has 1 aliphatic heterocycles. The SMILES string of the molecule is CCOC(=O)c1ccc2c(c1C)N(c1ccccc1)CCCCO2. The number of benzene rings is 2. The average Bonchev–Trinajstić information content (AvgIpc) is 2.57. The Hall–Kier alpha value is -2.49. The summed E-state index contributed by atoms with van der Waals surface area (Å²) >= 11 is 0. The average molecular weight is 325 g/mol. The summed E-state index contributed by atoms with van der Waals surface area (Å²) in [6, 6.07) is 13.9. The van der Waals surface area contributed by atoms with Crippen LogP contribution in [0.3, 0.4) is 0 Å². The van der Waals surface area contributed by atoms with Crippen molar-refractivity contribution in [2.45, 2.75) is 26.7 Å². The van der Waals surface area contributed by atoms with E-state index in [9.17, 15) is 4.79 Å². The van der Waals surface area contributed by atoms with Gasteiger partial charge in [-0.05, 0) is 56.5 Å². The largest absolute Gasteiger partial charge is 0.491 e. The highest BCUT2D eigenvalue weighted by Crippen LogP contribution is 2.39. The van der Waals surface area contributed by atoms with Crippen LogP contribution in [0, 0.1) is 6.92 Å². The molecule has 126 valence electrons. The van der Waals surface area contributed by atoms with E-state index < -0.39 is 0 Å². The molecule has 24 heavy (non-hydrogen) atoms. The molecular weight excluding hydrogens is 302 g/mol. The minimum absolute atomic E-state index is 0.284. The lowest BCUT2D eigenvalue weighted by Gasteiger charge is -2.31. The van der Waals surface area contributed by atoms with Gasteiger partial charge in [0.2, 0.25) is 0 Å². The van der Waals surface area contributed by atoms with Crippen molar-refractivity contribution in [1.29, 1.82) is 0 Å². The van der Waals surface area contributed by atoms with E-state index in [-0.39, 0.29) is 5.97 Å². The second-order valence-corrected chi connectivity index (χ2v) is 5.85. The molecule has 0 aromatic heterocycles. The van der Waals surface area contributed by atoms with Crippen LogP contribution in [0.2, 0.25) is 0 Å². The van der Waals surface area contributed by atoms with Crippen molar-refractivity contribution in [3.05, 3.63) is 53.6 Å². The molecule has 1 heterocycles. The van der Waals surface area contributed by atoms with Gasteiger partial charge in [-0.2, -0.15) is 0 Å². The molecule has 0 amide bonds. The zero-order chi connectivity index (χ0) is 16.9. The third-order valence-corrected chi connectivity index (χ3v) is 4.26. The first kappa shape index (κ1) is 16.4. The van der Waals surface area contributed by atoms with Crippen molar-refractivity contribution in [3.63, 3.8) is 0 Å². The van der Waals surface area contributed by atoms with E-state index in [1.165, 1.54) is 0 Å². The second-order valence-electron chi connectivity index (χ2n) is 5.85. The highest BCUT2D eigenvalue weighted by Gasteiger charge is 2.23. The van der Waals surface area contributed by atoms with Crippen LogP contribution in [0.15, 0.2) is 42.5 Å². The molecule has 0 unspecified atom stereocenters. The van der Waals surface area contributed by atoms with Crippen LogP contribution in [0.4, 0.5) is 11.4 Å². The minimum atomic E-state index is -0.284. The maximum atomic E-state index is 12.3. The monoisotopic (exact) mass is 325 g/mol. The number of carbonyl (C=O) groups is 1. The summed E-state index contributed by atoms with van der Waals surface area (Å²) in [4.78, 5) is 14.5. The van der Waals surface area contributed by atoms with Crippen molar-refractivity contribution in [2.24, 2.45) is 0 Å². The molecular formula is C20H23NO3. The number of fused-ring (bicyclic) bond motifs is 1. The third kappa shape index (κ3) is 3.23. The van der Waals surface area contributed by atoms with E-state index in [1.54, 1.807) is 6.07 Å². The summed E-state index contributed by atoms with van der Waals surface area (Å²) in [7, 11) is 0. The van der Waals surface area contributed by atoms with E-state index in [0.29, 0.717) is 18.8 Å². The van der Waals surface area contributed by atoms with Crippen LogP contribution in [0.1, 0.15) is 35.7 Å². The number of hydrogen-bond donors (Lipinski definition) is 0. The molecule has 2 aromatic carbocycles. The Balaban J connectivity index is 2.12. The Labute approximate surface area is 143 Å². The van der Waals surface area contributed by atoms with Gasteiger partial charge >= 0.3 is 5.97 Å². The van der Waals surface area contributed by atoms with E-state index in [0.717, 1.165) is 42.1 Å². The lowest BCUT2D eigenvalue weighted by molar-refractivity contribution is 0.0525. The van der Waals surface area contributed by atoms with Gasteiger partial charge in [-0.25, -0.2) is 4.79 Å². The van der Waals surface area contributed by atoms with Crippen molar-refractivity contribution < 1.29 is 14.3 Å². The highest BCUT2D eigenvalue weighted by atomic mass is 16.5. The first-order valence-electron chi connectivity index (χ1n) is 8.48. The highest BCUT2D eigenvalue weighted by molar-refractivity contribution is 5.94. The normalized spacial score (nSPS) is 14.2. The first-order chi connectivity index (χ1) is 11.7. The molecule has 0 N–H and O–H groups in total. The number of rotatable bonds is 3. The Morgan fingerprint density at radius 3 is 2.71 bits per heavy atom. The molecule has 0 bridgehead atoms. The third-order valence-electron chi connectivity index (χ3n) is 4.26. The summed E-state index contributed by atoms with van der Waals surface area (Å²) in [5.74, 6) is 0.539. The number of ether oxygens (including phenoxy) is 2. The van der Waals surface area contributed by atoms with Crippen LogP contribution >= 0.6 is 0 Å². The van der Waals surface area contributed by atoms with Gasteiger partial charge in [0.15, 0.2) is 0 Å². The summed E-state index contributed by atoms with van der Waals surface area (Å²) in [5, 5.41) is 0. The van der Waals surface area contributed by atoms with Crippen molar-refractivity contribution >= 4 is 17.3 Å². The molecule has 0 radical (unpaired) electrons. The number of anilines is 2. The summed E-state index contributed by atoms with van der Waals surface area (Å²) in [5.41, 5.74) is 3.57. The van der Waals surface area contributed by atoms with Crippen LogP contribution in [0.25, 0.3) is 0 Å². The fourth-order valence-electron chi connectivity index (χ4n) is 3.09. The lowest BCUT2D eigenvalue weighted by atomic mass is 10.0. The van der Waals surface area contributed by atoms with Gasteiger partial charge in [0.25, 0.3) is 0 Å². The minimum Gasteiger partial charge on any atom is -0.491 e. The fourth-order valence-corrected chi connectivity index (χ4v) is 3.09. The van der Waals surface area contributed by atoms with Gasteiger partial charge in [0, 0.05) is 12.2 Å². The topological polar surface area (TPSA) is 38.8 Å². The Morgan fingerprint density at radius 2 is 1.96 bits per heavy atom. The summed E-state index contributed by atoms with van der Waals surface area (Å²) in [6.45, 7) is 5.75. The first-order valence-corrected chi connectivity index (χ1v) is 8.48. The summed E-state index contributed by atoms with van der Waals surface area (Å²) in [6.07, 6.45) is 2.05. The maximum absolute atomic E-state index is 12.3. The van der Waals surface area contributed by atoms with Crippen LogP contribution in [-0.4, -0.2) is 25.7 Å². The molecule has 0 spiro atoms. The Morgan fingerprint density at radius 1 is 1.17 bits per heavy atom. The smallest absolute Gasteiger partial charge is 0.338 e. The van der Waals surface area contributed by atoms with Gasteiger partial charge in [-0.15, -0.1) is 0 Å². The molecule has 0 aliphatic carbocycles. The quantitative estimate of drug-likeness (QED) is 0.780. The number of esters is 1. The number of carbonyl (C=O) groups excluding carboxylic acids is 1. The molecule has 0 atom stereocenters. The molecule has 4 nitrogen and oxygen atoms in total. The predicted molar refractivity (Wildman–Crippen MR) is 95.3 cm³/mol. The van der Waals surface area contributed by atoms with Crippen LogP contribution < -0.4 is 9.64 Å². The van der Waals surface area contributed by atoms with Gasteiger partial charge in [0.05, 0.1) is 24.5 Å². The molecule has 1 aliphatic rings. The molecule has 0 fully saturated rings. The molecule has 3 rings (SSSR count). The van der Waals surface area contributed by atoms with Crippen molar-refractivity contribution in [3.8, 4) is 5.75 Å². The van der Waals surface area contributed by atoms with Gasteiger partial charge in [-0.1, -0.05) is 18.2 Å². The number of nitrogens with zero attached hydrogens (tertiary/aromatic N) is 1. The molecule has 0 saturated heterocycles. The van der Waals surface area contributed by atoms with Crippen molar-refractivity contribution in [1.82, 2.24) is 0 Å². The summed E-state index contributed by atoms with van der Waals surface area (Å²) < 4.78 is 11.2. The van der Waals surface area contributed by atoms with Crippen molar-refractivity contribution in [2.75, 3.05) is 24.7 Å².